The van der Waals surface area contributed by atoms with Gasteiger partial charge in [0.1, 0.15) is 0 Å². The molecule has 2 aliphatic rings. The molecule has 25 heavy (non-hydrogen) atoms. The Hall–Kier alpha value is -2.59. The second-order valence-electron chi connectivity index (χ2n) is 7.09. The van der Waals surface area contributed by atoms with E-state index in [4.69, 9.17) is 0 Å². The second kappa shape index (κ2) is 4.96. The van der Waals surface area contributed by atoms with Crippen LogP contribution in [-0.2, 0) is 16.8 Å². The molecule has 0 fully saturated rings. The third kappa shape index (κ3) is 1.72. The van der Waals surface area contributed by atoms with Crippen molar-refractivity contribution in [2.24, 2.45) is 0 Å². The third-order valence-electron chi connectivity index (χ3n) is 5.64. The maximum Gasteiger partial charge on any atom is 0.258 e. The van der Waals surface area contributed by atoms with E-state index in [0.29, 0.717) is 6.54 Å². The van der Waals surface area contributed by atoms with Crippen LogP contribution in [0.4, 0.5) is 5.69 Å². The monoisotopic (exact) mass is 331 g/mol. The van der Waals surface area contributed by atoms with E-state index in [9.17, 15) is 4.79 Å². The lowest BCUT2D eigenvalue weighted by atomic mass is 9.80. The number of amides is 1. The van der Waals surface area contributed by atoms with Gasteiger partial charge in [0.25, 0.3) is 5.91 Å². The highest BCUT2D eigenvalue weighted by Gasteiger charge is 2.55. The van der Waals surface area contributed by atoms with Gasteiger partial charge in [-0.05, 0) is 38.0 Å². The fourth-order valence-corrected chi connectivity index (χ4v) is 4.68. The number of nitrogens with one attached hydrogen (secondary N) is 2. The van der Waals surface area contributed by atoms with Gasteiger partial charge in [-0.25, -0.2) is 0 Å². The Kier molecular flexibility index (Phi) is 2.92. The van der Waals surface area contributed by atoms with Gasteiger partial charge in [-0.3, -0.25) is 10.1 Å². The van der Waals surface area contributed by atoms with Crippen molar-refractivity contribution >= 4 is 22.5 Å². The molecule has 0 bridgehead atoms. The summed E-state index contributed by atoms with van der Waals surface area (Å²) in [4.78, 5) is 19.1. The lowest BCUT2D eigenvalue weighted by molar-refractivity contribution is -0.123. The predicted octanol–water partition coefficient (Wildman–Crippen LogP) is 3.31. The molecule has 2 aliphatic heterocycles. The molecular weight excluding hydrogens is 310 g/mol. The van der Waals surface area contributed by atoms with Crippen molar-refractivity contribution in [2.45, 2.75) is 31.8 Å². The first-order valence-electron chi connectivity index (χ1n) is 8.96. The number of hydrogen-bond donors (Lipinski definition) is 2. The molecule has 2 N–H and O–H groups in total. The molecule has 0 saturated carbocycles. The second-order valence-corrected chi connectivity index (χ2v) is 7.09. The number of anilines is 1. The number of fused-ring (bicyclic) bond motifs is 6. The lowest BCUT2D eigenvalue weighted by Crippen LogP contribution is -2.58. The molecular formula is C21H21N3O. The average molecular weight is 331 g/mol. The van der Waals surface area contributed by atoms with E-state index in [1.807, 2.05) is 30.0 Å². The molecule has 0 radical (unpaired) electrons. The molecule has 2 atom stereocenters. The van der Waals surface area contributed by atoms with Crippen LogP contribution in [0.5, 0.6) is 0 Å². The zero-order chi connectivity index (χ0) is 17.2. The number of benzene rings is 2. The van der Waals surface area contributed by atoms with Crippen LogP contribution >= 0.6 is 0 Å². The van der Waals surface area contributed by atoms with Crippen LogP contribution in [-0.4, -0.2) is 23.5 Å². The van der Waals surface area contributed by atoms with Crippen LogP contribution in [0.2, 0.25) is 0 Å². The molecule has 0 aliphatic carbocycles. The van der Waals surface area contributed by atoms with Gasteiger partial charge in [0.05, 0.1) is 5.69 Å². The SMILES string of the molecule is CCN1C(=O)[C@@]2(N[C@@H](C)Cc3c2[nH]c2ccccc32)c2ccccc21. The first-order chi connectivity index (χ1) is 12.2. The molecule has 2 aromatic carbocycles. The van der Waals surface area contributed by atoms with Crippen LogP contribution in [0.1, 0.15) is 30.7 Å². The molecule has 3 aromatic rings. The summed E-state index contributed by atoms with van der Waals surface area (Å²) >= 11 is 0. The molecule has 1 aromatic heterocycles. The Balaban J connectivity index is 1.87. The zero-order valence-corrected chi connectivity index (χ0v) is 14.5. The number of carbonyl (C=O) groups excluding carboxylic acids is 1. The number of aromatic amines is 1. The van der Waals surface area contributed by atoms with E-state index in [0.717, 1.165) is 28.9 Å². The van der Waals surface area contributed by atoms with Gasteiger partial charge in [-0.1, -0.05) is 36.4 Å². The Morgan fingerprint density at radius 2 is 1.92 bits per heavy atom. The standard InChI is InChI=1S/C21H21N3O/c1-3-24-18-11-7-5-9-16(18)21(20(24)25)19-15(12-13(2)23-21)14-8-4-6-10-17(14)22-19/h4-11,13,22-23H,3,12H2,1-2H3/t13-,21+/m0/s1. The van der Waals surface area contributed by atoms with Crippen LogP contribution < -0.4 is 10.2 Å². The summed E-state index contributed by atoms with van der Waals surface area (Å²) in [6.07, 6.45) is 0.919. The number of likely N-dealkylation sites (N-methyl/N-ethyl adjacent to an activating group) is 1. The number of carbonyl (C=O) groups is 1. The fourth-order valence-electron chi connectivity index (χ4n) is 4.68. The smallest absolute Gasteiger partial charge is 0.258 e. The van der Waals surface area contributed by atoms with Crippen molar-refractivity contribution in [3.8, 4) is 0 Å². The van der Waals surface area contributed by atoms with E-state index >= 15 is 0 Å². The number of hydrogen-bond acceptors (Lipinski definition) is 2. The number of para-hydroxylation sites is 2. The normalized spacial score (nSPS) is 24.8. The highest BCUT2D eigenvalue weighted by Crippen LogP contribution is 2.48. The highest BCUT2D eigenvalue weighted by molar-refractivity contribution is 6.11. The number of nitrogens with zero attached hydrogens (tertiary/aromatic N) is 1. The van der Waals surface area contributed by atoms with Gasteiger partial charge in [0.2, 0.25) is 0 Å². The van der Waals surface area contributed by atoms with Crippen LogP contribution in [0.15, 0.2) is 48.5 Å². The molecule has 1 amide bonds. The summed E-state index contributed by atoms with van der Waals surface area (Å²) in [7, 11) is 0. The molecule has 126 valence electrons. The molecule has 1 spiro atoms. The Bertz CT molecular complexity index is 1010. The van der Waals surface area contributed by atoms with E-state index in [1.165, 1.54) is 10.9 Å². The third-order valence-corrected chi connectivity index (χ3v) is 5.64. The largest absolute Gasteiger partial charge is 0.356 e. The molecule has 5 rings (SSSR count). The summed E-state index contributed by atoms with van der Waals surface area (Å²) in [6, 6.07) is 16.7. The van der Waals surface area contributed by atoms with Crippen molar-refractivity contribution in [2.75, 3.05) is 11.4 Å². The number of H-pyrrole nitrogens is 1. The van der Waals surface area contributed by atoms with Gasteiger partial charge in [0.15, 0.2) is 5.54 Å². The number of aromatic nitrogens is 1. The van der Waals surface area contributed by atoms with Gasteiger partial charge >= 0.3 is 0 Å². The van der Waals surface area contributed by atoms with Crippen molar-refractivity contribution in [1.82, 2.24) is 10.3 Å². The van der Waals surface area contributed by atoms with Crippen molar-refractivity contribution < 1.29 is 4.79 Å². The van der Waals surface area contributed by atoms with Crippen molar-refractivity contribution in [3.05, 3.63) is 65.4 Å². The minimum atomic E-state index is -0.807. The van der Waals surface area contributed by atoms with E-state index < -0.39 is 5.54 Å². The van der Waals surface area contributed by atoms with Gasteiger partial charge in [-0.15, -0.1) is 0 Å². The van der Waals surface area contributed by atoms with Crippen LogP contribution in [0.25, 0.3) is 10.9 Å². The number of rotatable bonds is 1. The summed E-state index contributed by atoms with van der Waals surface area (Å²) in [5.41, 5.74) is 4.65. The maximum atomic E-state index is 13.6. The molecule has 3 heterocycles. The minimum Gasteiger partial charge on any atom is -0.356 e. The summed E-state index contributed by atoms with van der Waals surface area (Å²) in [5.74, 6) is 0.121. The predicted molar refractivity (Wildman–Crippen MR) is 99.8 cm³/mol. The fraction of sp³-hybridized carbons (Fsp3) is 0.286. The van der Waals surface area contributed by atoms with Crippen LogP contribution in [0.3, 0.4) is 0 Å². The Morgan fingerprint density at radius 3 is 2.76 bits per heavy atom. The highest BCUT2D eigenvalue weighted by atomic mass is 16.2. The van der Waals surface area contributed by atoms with Gasteiger partial charge in [-0.2, -0.15) is 0 Å². The molecule has 4 heteroatoms. The quantitative estimate of drug-likeness (QED) is 0.719. The van der Waals surface area contributed by atoms with Gasteiger partial charge in [0, 0.05) is 34.7 Å². The van der Waals surface area contributed by atoms with Crippen molar-refractivity contribution in [1.29, 1.82) is 0 Å². The van der Waals surface area contributed by atoms with Gasteiger partial charge < -0.3 is 9.88 Å². The van der Waals surface area contributed by atoms with E-state index in [2.05, 4.69) is 47.6 Å². The lowest BCUT2D eigenvalue weighted by Gasteiger charge is -2.37. The summed E-state index contributed by atoms with van der Waals surface area (Å²) in [6.45, 7) is 4.87. The maximum absolute atomic E-state index is 13.6. The first kappa shape index (κ1) is 14.7. The zero-order valence-electron chi connectivity index (χ0n) is 14.5. The minimum absolute atomic E-state index is 0.121. The average Bonchev–Trinajstić information content (AvgIpc) is 3.11. The van der Waals surface area contributed by atoms with Crippen molar-refractivity contribution in [3.63, 3.8) is 0 Å². The molecule has 0 saturated heterocycles. The Morgan fingerprint density at radius 1 is 1.16 bits per heavy atom. The topological polar surface area (TPSA) is 48.1 Å². The summed E-state index contributed by atoms with van der Waals surface area (Å²) in [5, 5.41) is 4.88. The first-order valence-corrected chi connectivity index (χ1v) is 8.96. The van der Waals surface area contributed by atoms with E-state index in [-0.39, 0.29) is 11.9 Å². The van der Waals surface area contributed by atoms with Crippen LogP contribution in [0, 0.1) is 0 Å². The molecule has 0 unspecified atom stereocenters. The molecule has 4 nitrogen and oxygen atoms in total. The Labute approximate surface area is 146 Å². The van der Waals surface area contributed by atoms with E-state index in [1.54, 1.807) is 0 Å². The summed E-state index contributed by atoms with van der Waals surface area (Å²) < 4.78 is 0.